The quantitative estimate of drug-likeness (QED) is 0.917. The van der Waals surface area contributed by atoms with Crippen molar-refractivity contribution in [1.29, 1.82) is 0 Å². The van der Waals surface area contributed by atoms with Crippen LogP contribution in [0.1, 0.15) is 32.8 Å². The molecule has 1 heterocycles. The molecule has 20 heavy (non-hydrogen) atoms. The molecule has 2 rings (SSSR count). The third-order valence-electron chi connectivity index (χ3n) is 3.34. The molecule has 0 saturated heterocycles. The van der Waals surface area contributed by atoms with Crippen LogP contribution in [-0.2, 0) is 11.3 Å². The van der Waals surface area contributed by atoms with Crippen molar-refractivity contribution in [2.24, 2.45) is 4.99 Å². The number of amidine groups is 1. The summed E-state index contributed by atoms with van der Waals surface area (Å²) in [6, 6.07) is 10.1. The smallest absolute Gasteiger partial charge is 0.289 e. The molecule has 4 heteroatoms. The van der Waals surface area contributed by atoms with Gasteiger partial charge in [-0.25, -0.2) is 0 Å². The second kappa shape index (κ2) is 6.07. The van der Waals surface area contributed by atoms with Crippen molar-refractivity contribution in [2.45, 2.75) is 39.3 Å². The summed E-state index contributed by atoms with van der Waals surface area (Å²) in [4.78, 5) is 18.9. The van der Waals surface area contributed by atoms with Crippen molar-refractivity contribution >= 4 is 11.7 Å². The Morgan fingerprint density at radius 2 is 2.00 bits per heavy atom. The molecule has 0 radical (unpaired) electrons. The van der Waals surface area contributed by atoms with Crippen LogP contribution >= 0.6 is 0 Å². The number of amides is 1. The normalized spacial score (nSPS) is 15.2. The topological polar surface area (TPSA) is 44.7 Å². The zero-order chi connectivity index (χ0) is 14.6. The Kier molecular flexibility index (Phi) is 4.42. The standard InChI is InChI=1S/C16H23N3O/c1-16(2,3)19(12-13-8-5-4-6-9-13)15(20)14-17-10-7-11-18-14/h4-6,8-9H,7,10-12H2,1-3H3,(H,17,18). The van der Waals surface area contributed by atoms with E-state index in [1.54, 1.807) is 0 Å². The van der Waals surface area contributed by atoms with E-state index in [1.807, 2.05) is 35.2 Å². The number of rotatable bonds is 3. The van der Waals surface area contributed by atoms with Gasteiger partial charge in [0.05, 0.1) is 0 Å². The molecule has 1 aliphatic heterocycles. The van der Waals surface area contributed by atoms with Gasteiger partial charge in [-0.1, -0.05) is 30.3 Å². The SMILES string of the molecule is CC(C)(C)N(Cc1ccccc1)C(=O)C1=NCCCN1. The van der Waals surface area contributed by atoms with Gasteiger partial charge in [0.1, 0.15) is 0 Å². The van der Waals surface area contributed by atoms with Crippen LogP contribution in [0.2, 0.25) is 0 Å². The monoisotopic (exact) mass is 273 g/mol. The number of hydrogen-bond acceptors (Lipinski definition) is 3. The van der Waals surface area contributed by atoms with Crippen molar-refractivity contribution in [3.8, 4) is 0 Å². The van der Waals surface area contributed by atoms with E-state index in [4.69, 9.17) is 0 Å². The summed E-state index contributed by atoms with van der Waals surface area (Å²) in [5.74, 6) is 0.489. The van der Waals surface area contributed by atoms with Crippen molar-refractivity contribution in [3.63, 3.8) is 0 Å². The lowest BCUT2D eigenvalue weighted by atomic mass is 10.0. The minimum absolute atomic E-state index is 0.0129. The van der Waals surface area contributed by atoms with E-state index in [9.17, 15) is 4.79 Å². The van der Waals surface area contributed by atoms with Crippen LogP contribution < -0.4 is 5.32 Å². The Labute approximate surface area is 120 Å². The van der Waals surface area contributed by atoms with Crippen molar-refractivity contribution in [2.75, 3.05) is 13.1 Å². The van der Waals surface area contributed by atoms with Crippen LogP contribution in [0.5, 0.6) is 0 Å². The van der Waals surface area contributed by atoms with E-state index < -0.39 is 0 Å². The summed E-state index contributed by atoms with van der Waals surface area (Å²) < 4.78 is 0. The van der Waals surface area contributed by atoms with Gasteiger partial charge in [0.2, 0.25) is 0 Å². The lowest BCUT2D eigenvalue weighted by molar-refractivity contribution is -0.129. The van der Waals surface area contributed by atoms with Crippen LogP contribution in [0, 0.1) is 0 Å². The van der Waals surface area contributed by atoms with Gasteiger partial charge in [0, 0.05) is 25.2 Å². The Morgan fingerprint density at radius 1 is 1.30 bits per heavy atom. The third kappa shape index (κ3) is 3.59. The predicted molar refractivity (Wildman–Crippen MR) is 81.7 cm³/mol. The van der Waals surface area contributed by atoms with Crippen LogP contribution in [-0.4, -0.2) is 35.3 Å². The molecule has 4 nitrogen and oxygen atoms in total. The largest absolute Gasteiger partial charge is 0.366 e. The molecule has 0 bridgehead atoms. The maximum absolute atomic E-state index is 12.7. The summed E-state index contributed by atoms with van der Waals surface area (Å²) in [6.07, 6.45) is 0.991. The van der Waals surface area contributed by atoms with E-state index in [-0.39, 0.29) is 11.4 Å². The number of nitrogens with one attached hydrogen (secondary N) is 1. The summed E-state index contributed by atoms with van der Waals surface area (Å²) in [6.45, 7) is 8.32. The Hall–Kier alpha value is -1.84. The lowest BCUT2D eigenvalue weighted by Gasteiger charge is -2.36. The molecule has 0 atom stereocenters. The van der Waals surface area contributed by atoms with Gasteiger partial charge in [-0.2, -0.15) is 0 Å². The van der Waals surface area contributed by atoms with E-state index >= 15 is 0 Å². The molecular formula is C16H23N3O. The van der Waals surface area contributed by atoms with Gasteiger partial charge in [-0.15, -0.1) is 0 Å². The fraction of sp³-hybridized carbons (Fsp3) is 0.500. The van der Waals surface area contributed by atoms with Crippen molar-refractivity contribution in [3.05, 3.63) is 35.9 Å². The van der Waals surface area contributed by atoms with Crippen LogP contribution in [0.3, 0.4) is 0 Å². The molecule has 0 aromatic heterocycles. The van der Waals surface area contributed by atoms with Crippen LogP contribution in [0.25, 0.3) is 0 Å². The maximum Gasteiger partial charge on any atom is 0.289 e. The first-order valence-electron chi connectivity index (χ1n) is 7.13. The molecule has 1 amide bonds. The first-order valence-corrected chi connectivity index (χ1v) is 7.13. The highest BCUT2D eigenvalue weighted by molar-refractivity contribution is 6.38. The first kappa shape index (κ1) is 14.6. The van der Waals surface area contributed by atoms with E-state index in [0.717, 1.165) is 25.1 Å². The summed E-state index contributed by atoms with van der Waals surface area (Å²) in [5, 5.41) is 3.12. The second-order valence-corrected chi connectivity index (χ2v) is 6.06. The van der Waals surface area contributed by atoms with Gasteiger partial charge in [0.25, 0.3) is 5.91 Å². The van der Waals surface area contributed by atoms with Gasteiger partial charge >= 0.3 is 0 Å². The maximum atomic E-state index is 12.7. The minimum Gasteiger partial charge on any atom is -0.366 e. The molecule has 0 aliphatic carbocycles. The number of carbonyl (C=O) groups excluding carboxylic acids is 1. The highest BCUT2D eigenvalue weighted by Crippen LogP contribution is 2.18. The Morgan fingerprint density at radius 3 is 2.55 bits per heavy atom. The Bertz CT molecular complexity index is 488. The zero-order valence-electron chi connectivity index (χ0n) is 12.5. The van der Waals surface area contributed by atoms with Crippen molar-refractivity contribution < 1.29 is 4.79 Å². The van der Waals surface area contributed by atoms with Crippen LogP contribution in [0.15, 0.2) is 35.3 Å². The highest BCUT2D eigenvalue weighted by Gasteiger charge is 2.30. The summed E-state index contributed by atoms with van der Waals surface area (Å²) in [5.41, 5.74) is 0.890. The molecule has 0 saturated carbocycles. The molecule has 1 aromatic rings. The second-order valence-electron chi connectivity index (χ2n) is 6.06. The number of carbonyl (C=O) groups is 1. The molecule has 0 spiro atoms. The van der Waals surface area contributed by atoms with Crippen LogP contribution in [0.4, 0.5) is 0 Å². The lowest BCUT2D eigenvalue weighted by Crippen LogP contribution is -2.52. The fourth-order valence-electron chi connectivity index (χ4n) is 2.18. The molecule has 1 N–H and O–H groups in total. The van der Waals surface area contributed by atoms with E-state index in [0.29, 0.717) is 12.4 Å². The van der Waals surface area contributed by atoms with E-state index in [1.165, 1.54) is 0 Å². The minimum atomic E-state index is -0.241. The van der Waals surface area contributed by atoms with Gasteiger partial charge in [0.15, 0.2) is 5.84 Å². The first-order chi connectivity index (χ1) is 9.48. The molecule has 1 aliphatic rings. The third-order valence-corrected chi connectivity index (χ3v) is 3.34. The van der Waals surface area contributed by atoms with Gasteiger partial charge < -0.3 is 10.2 Å². The highest BCUT2D eigenvalue weighted by atomic mass is 16.2. The molecule has 1 aromatic carbocycles. The number of nitrogens with zero attached hydrogens (tertiary/aromatic N) is 2. The number of aliphatic imine (C=N–C) groups is 1. The zero-order valence-corrected chi connectivity index (χ0v) is 12.5. The number of hydrogen-bond donors (Lipinski definition) is 1. The van der Waals surface area contributed by atoms with E-state index in [2.05, 4.69) is 31.1 Å². The summed E-state index contributed by atoms with van der Waals surface area (Å²) >= 11 is 0. The molecule has 0 fully saturated rings. The average molecular weight is 273 g/mol. The van der Waals surface area contributed by atoms with Crippen molar-refractivity contribution in [1.82, 2.24) is 10.2 Å². The predicted octanol–water partition coefficient (Wildman–Crippen LogP) is 2.21. The molecule has 0 unspecified atom stereocenters. The molecule has 108 valence electrons. The fourth-order valence-corrected chi connectivity index (χ4v) is 2.18. The summed E-state index contributed by atoms with van der Waals surface area (Å²) in [7, 11) is 0. The molecular weight excluding hydrogens is 250 g/mol. The van der Waals surface area contributed by atoms with Gasteiger partial charge in [-0.3, -0.25) is 9.79 Å². The number of benzene rings is 1. The Balaban J connectivity index is 2.20. The average Bonchev–Trinajstić information content (AvgIpc) is 2.45. The van der Waals surface area contributed by atoms with Gasteiger partial charge in [-0.05, 0) is 32.8 Å².